The molecular formula is C16H22N4O2. The molecule has 1 amide bonds. The molecule has 3 N–H and O–H groups in total. The summed E-state index contributed by atoms with van der Waals surface area (Å²) in [5.74, 6) is 0.890. The average molecular weight is 302 g/mol. The smallest absolute Gasteiger partial charge is 0.412 e. The van der Waals surface area contributed by atoms with Crippen molar-refractivity contribution in [3.05, 3.63) is 36.3 Å². The second kappa shape index (κ2) is 6.60. The van der Waals surface area contributed by atoms with Crippen molar-refractivity contribution in [2.75, 3.05) is 0 Å². The molecule has 1 aromatic heterocycles. The van der Waals surface area contributed by atoms with Crippen LogP contribution < -0.4 is 11.1 Å². The number of carbonyl (C=O) groups is 1. The summed E-state index contributed by atoms with van der Waals surface area (Å²) in [7, 11) is 0. The number of allylic oxidation sites excluding steroid dienone is 1. The van der Waals surface area contributed by atoms with Gasteiger partial charge in [0.05, 0.1) is 11.4 Å². The van der Waals surface area contributed by atoms with E-state index in [1.165, 1.54) is 6.20 Å². The van der Waals surface area contributed by atoms with Crippen molar-refractivity contribution in [1.29, 1.82) is 0 Å². The molecule has 0 aromatic carbocycles. The van der Waals surface area contributed by atoms with E-state index in [0.29, 0.717) is 17.4 Å². The van der Waals surface area contributed by atoms with Crippen molar-refractivity contribution < 1.29 is 9.53 Å². The van der Waals surface area contributed by atoms with E-state index in [1.54, 1.807) is 6.20 Å². The van der Waals surface area contributed by atoms with Crippen molar-refractivity contribution in [1.82, 2.24) is 10.3 Å². The van der Waals surface area contributed by atoms with Crippen molar-refractivity contribution in [3.63, 3.8) is 0 Å². The number of hydrogen-bond donors (Lipinski definition) is 2. The number of aromatic nitrogens is 1. The zero-order valence-electron chi connectivity index (χ0n) is 13.2. The van der Waals surface area contributed by atoms with E-state index >= 15 is 0 Å². The van der Waals surface area contributed by atoms with E-state index < -0.39 is 11.7 Å². The molecule has 2 rings (SSSR count). The normalized spacial score (nSPS) is 16.3. The number of rotatable bonds is 4. The third kappa shape index (κ3) is 4.87. The van der Waals surface area contributed by atoms with Crippen LogP contribution in [0.2, 0.25) is 0 Å². The molecule has 0 bridgehead atoms. The van der Waals surface area contributed by atoms with Gasteiger partial charge in [0.2, 0.25) is 0 Å². The molecule has 1 saturated carbocycles. The van der Waals surface area contributed by atoms with E-state index in [0.717, 1.165) is 18.6 Å². The summed E-state index contributed by atoms with van der Waals surface area (Å²) in [6, 6.07) is 5.50. The molecule has 6 nitrogen and oxygen atoms in total. The fraction of sp³-hybridized carbons (Fsp3) is 0.438. The minimum absolute atomic E-state index is 0.298. The molecule has 0 radical (unpaired) electrons. The number of aliphatic imine (C=N–C) groups is 1. The average Bonchev–Trinajstić information content (AvgIpc) is 3.26. The van der Waals surface area contributed by atoms with Gasteiger partial charge in [-0.3, -0.25) is 5.32 Å². The van der Waals surface area contributed by atoms with E-state index in [2.05, 4.69) is 15.3 Å². The Morgan fingerprint density at radius 3 is 2.68 bits per heavy atom. The van der Waals surface area contributed by atoms with Crippen LogP contribution in [0.25, 0.3) is 0 Å². The Morgan fingerprint density at radius 1 is 1.45 bits per heavy atom. The Labute approximate surface area is 130 Å². The molecule has 118 valence electrons. The van der Waals surface area contributed by atoms with Crippen LogP contribution >= 0.6 is 0 Å². The predicted octanol–water partition coefficient (Wildman–Crippen LogP) is 2.89. The summed E-state index contributed by atoms with van der Waals surface area (Å²) < 4.78 is 5.25. The van der Waals surface area contributed by atoms with E-state index in [-0.39, 0.29) is 0 Å². The van der Waals surface area contributed by atoms with Crippen LogP contribution in [0.5, 0.6) is 0 Å². The monoisotopic (exact) mass is 302 g/mol. The van der Waals surface area contributed by atoms with Crippen molar-refractivity contribution in [3.8, 4) is 0 Å². The minimum atomic E-state index is -0.568. The molecule has 22 heavy (non-hydrogen) atoms. The van der Waals surface area contributed by atoms with Crippen LogP contribution in [0.3, 0.4) is 0 Å². The lowest BCUT2D eigenvalue weighted by Crippen LogP contribution is -2.35. The second-order valence-electron chi connectivity index (χ2n) is 6.17. The number of nitrogens with zero attached hydrogens (tertiary/aromatic N) is 2. The number of hydrogen-bond acceptors (Lipinski definition) is 5. The first-order chi connectivity index (χ1) is 10.4. The van der Waals surface area contributed by atoms with Gasteiger partial charge in [-0.1, -0.05) is 6.07 Å². The summed E-state index contributed by atoms with van der Waals surface area (Å²) >= 11 is 0. The van der Waals surface area contributed by atoms with E-state index in [1.807, 2.05) is 39.0 Å². The fourth-order valence-corrected chi connectivity index (χ4v) is 1.88. The van der Waals surface area contributed by atoms with Crippen LogP contribution in [-0.4, -0.2) is 22.4 Å². The Bertz CT molecular complexity index is 584. The first-order valence-corrected chi connectivity index (χ1v) is 7.31. The van der Waals surface area contributed by atoms with Gasteiger partial charge in [0.25, 0.3) is 0 Å². The Kier molecular flexibility index (Phi) is 4.80. The van der Waals surface area contributed by atoms with Crippen LogP contribution in [0.4, 0.5) is 10.6 Å². The lowest BCUT2D eigenvalue weighted by atomic mass is 10.2. The van der Waals surface area contributed by atoms with Crippen LogP contribution in [0.1, 0.15) is 33.6 Å². The topological polar surface area (TPSA) is 89.6 Å². The third-order valence-corrected chi connectivity index (χ3v) is 2.93. The highest BCUT2D eigenvalue weighted by Crippen LogP contribution is 2.34. The number of nitrogens with two attached hydrogens (primary N) is 1. The molecule has 1 heterocycles. The van der Waals surface area contributed by atoms with Crippen LogP contribution in [0.15, 0.2) is 41.3 Å². The standard InChI is InChI=1S/C16H22N4O2/c1-16(2,3)22-15(21)19-12(10-17)14(11-7-8-11)20-13-6-4-5-9-18-13/h4-6,9-11H,7-8,17H2,1-3H3,(H,19,21). The van der Waals surface area contributed by atoms with Gasteiger partial charge in [0, 0.05) is 18.3 Å². The number of nitrogens with one attached hydrogen (secondary N) is 1. The van der Waals surface area contributed by atoms with Gasteiger partial charge >= 0.3 is 6.09 Å². The Hall–Kier alpha value is -2.37. The molecule has 0 spiro atoms. The number of carbonyl (C=O) groups excluding carboxylic acids is 1. The molecule has 1 fully saturated rings. The number of ether oxygens (including phenoxy) is 1. The highest BCUT2D eigenvalue weighted by Gasteiger charge is 2.31. The first kappa shape index (κ1) is 16.0. The number of amides is 1. The van der Waals surface area contributed by atoms with Crippen LogP contribution in [0, 0.1) is 5.92 Å². The van der Waals surface area contributed by atoms with Gasteiger partial charge in [0.15, 0.2) is 5.82 Å². The van der Waals surface area contributed by atoms with Gasteiger partial charge in [-0.15, -0.1) is 0 Å². The van der Waals surface area contributed by atoms with Gasteiger partial charge in [-0.05, 0) is 45.7 Å². The lowest BCUT2D eigenvalue weighted by Gasteiger charge is -2.20. The van der Waals surface area contributed by atoms with Crippen molar-refractivity contribution in [2.45, 2.75) is 39.2 Å². The molecule has 1 aliphatic rings. The zero-order chi connectivity index (χ0) is 16.2. The van der Waals surface area contributed by atoms with Gasteiger partial charge < -0.3 is 10.5 Å². The van der Waals surface area contributed by atoms with Crippen molar-refractivity contribution >= 4 is 17.6 Å². The molecule has 6 heteroatoms. The summed E-state index contributed by atoms with van der Waals surface area (Å²) in [5.41, 5.74) is 6.32. The quantitative estimate of drug-likeness (QED) is 0.837. The zero-order valence-corrected chi connectivity index (χ0v) is 13.2. The molecule has 1 aliphatic carbocycles. The van der Waals surface area contributed by atoms with Crippen molar-refractivity contribution in [2.24, 2.45) is 16.6 Å². The van der Waals surface area contributed by atoms with Gasteiger partial charge in [0.1, 0.15) is 5.60 Å². The molecule has 0 atom stereocenters. The summed E-state index contributed by atoms with van der Waals surface area (Å²) in [6.07, 6.45) is 4.54. The number of pyridine rings is 1. The minimum Gasteiger partial charge on any atom is -0.444 e. The maximum Gasteiger partial charge on any atom is 0.412 e. The van der Waals surface area contributed by atoms with Gasteiger partial charge in [-0.25, -0.2) is 14.8 Å². The third-order valence-electron chi connectivity index (χ3n) is 2.93. The highest BCUT2D eigenvalue weighted by molar-refractivity contribution is 6.05. The van der Waals surface area contributed by atoms with E-state index in [9.17, 15) is 4.79 Å². The Balaban J connectivity index is 2.16. The second-order valence-corrected chi connectivity index (χ2v) is 6.17. The maximum absolute atomic E-state index is 11.9. The highest BCUT2D eigenvalue weighted by atomic mass is 16.6. The van der Waals surface area contributed by atoms with Crippen LogP contribution in [-0.2, 0) is 4.74 Å². The predicted molar refractivity (Wildman–Crippen MR) is 85.7 cm³/mol. The molecule has 0 aliphatic heterocycles. The van der Waals surface area contributed by atoms with Gasteiger partial charge in [-0.2, -0.15) is 0 Å². The fourth-order valence-electron chi connectivity index (χ4n) is 1.88. The SMILES string of the molecule is CC(C)(C)OC(=O)NC(=CN)C(=Nc1ccccn1)C1CC1. The first-order valence-electron chi connectivity index (χ1n) is 7.31. The largest absolute Gasteiger partial charge is 0.444 e. The summed E-state index contributed by atoms with van der Waals surface area (Å²) in [6.45, 7) is 5.42. The van der Waals surface area contributed by atoms with E-state index in [4.69, 9.17) is 10.5 Å². The summed E-state index contributed by atoms with van der Waals surface area (Å²) in [5, 5.41) is 2.68. The molecule has 1 aromatic rings. The number of alkyl carbamates (subject to hydrolysis) is 1. The lowest BCUT2D eigenvalue weighted by molar-refractivity contribution is 0.0548. The summed E-state index contributed by atoms with van der Waals surface area (Å²) in [4.78, 5) is 20.6. The maximum atomic E-state index is 11.9. The molecule has 0 unspecified atom stereocenters. The molecular weight excluding hydrogens is 280 g/mol. The molecule has 0 saturated heterocycles. The Morgan fingerprint density at radius 2 is 2.18 bits per heavy atom.